The Labute approximate surface area is 395 Å². The van der Waals surface area contributed by atoms with Crippen molar-refractivity contribution in [2.24, 2.45) is 0 Å². The van der Waals surface area contributed by atoms with Crippen molar-refractivity contribution in [2.45, 2.75) is 5.41 Å². The summed E-state index contributed by atoms with van der Waals surface area (Å²) in [6, 6.07) is 96.1. The summed E-state index contributed by atoms with van der Waals surface area (Å²) in [5.74, 6) is 0. The van der Waals surface area contributed by atoms with E-state index in [9.17, 15) is 0 Å². The first-order valence-corrected chi connectivity index (χ1v) is 23.5. The van der Waals surface area contributed by atoms with Crippen LogP contribution in [0.5, 0.6) is 0 Å². The van der Waals surface area contributed by atoms with E-state index in [0.29, 0.717) is 0 Å². The minimum absolute atomic E-state index is 0.536. The van der Waals surface area contributed by atoms with E-state index < -0.39 is 5.41 Å². The third-order valence-corrected chi connectivity index (χ3v) is 14.5. The first-order valence-electron chi connectivity index (χ1n) is 23.5. The van der Waals surface area contributed by atoms with Crippen LogP contribution < -0.4 is 9.80 Å². The van der Waals surface area contributed by atoms with Crippen molar-refractivity contribution in [1.82, 2.24) is 4.57 Å². The number of nitrogens with zero attached hydrogens (tertiary/aromatic N) is 3. The Hall–Kier alpha value is -8.92. The predicted octanol–water partition coefficient (Wildman–Crippen LogP) is 17.2. The van der Waals surface area contributed by atoms with E-state index in [0.717, 1.165) is 39.8 Å². The fourth-order valence-electron chi connectivity index (χ4n) is 11.9. The summed E-state index contributed by atoms with van der Waals surface area (Å²) in [4.78, 5) is 4.91. The van der Waals surface area contributed by atoms with Crippen LogP contribution in [0.25, 0.3) is 60.5 Å². The van der Waals surface area contributed by atoms with Gasteiger partial charge in [-0.25, -0.2) is 0 Å². The normalized spacial score (nSPS) is 14.2. The van der Waals surface area contributed by atoms with Gasteiger partial charge < -0.3 is 14.4 Å². The molecule has 0 saturated carbocycles. The molecule has 1 spiro atoms. The van der Waals surface area contributed by atoms with E-state index in [4.69, 9.17) is 0 Å². The van der Waals surface area contributed by atoms with Gasteiger partial charge in [-0.1, -0.05) is 182 Å². The van der Waals surface area contributed by atoms with Crippen LogP contribution in [0.1, 0.15) is 22.3 Å². The molecule has 3 heteroatoms. The summed E-state index contributed by atoms with van der Waals surface area (Å²) in [7, 11) is 0. The summed E-state index contributed by atoms with van der Waals surface area (Å²) in [6.45, 7) is 0. The predicted molar refractivity (Wildman–Crippen MR) is 284 cm³/mol. The van der Waals surface area contributed by atoms with Gasteiger partial charge in [-0.3, -0.25) is 0 Å². The number of para-hydroxylation sites is 4. The molecule has 0 aliphatic heterocycles. The average molecular weight is 866 g/mol. The monoisotopic (exact) mass is 865 g/mol. The molecule has 11 aromatic carbocycles. The molecule has 2 aliphatic carbocycles. The van der Waals surface area contributed by atoms with Gasteiger partial charge in [-0.2, -0.15) is 0 Å². The standard InChI is InChI=1S/C65H43N3/c1-4-22-45(23-5-1)66(46-24-6-2-7-25-46)62-37-19-34-59-64(62)54-31-13-16-33-57(54)65(59)56-32-15-12-29-51(56)55-42-48(39-41-58(55)65)67(60-36-18-21-44-20-10-11-28-50(44)60)49-38-40-53-52-30-14-17-35-61(52)68(63(53)43-49)47-26-8-3-9-27-47/h1-43H. The average Bonchev–Trinajstić information content (AvgIpc) is 4.01. The molecule has 0 fully saturated rings. The van der Waals surface area contributed by atoms with E-state index in [1.807, 2.05) is 0 Å². The van der Waals surface area contributed by atoms with Crippen molar-refractivity contribution >= 4 is 66.7 Å². The van der Waals surface area contributed by atoms with E-state index in [2.05, 4.69) is 275 Å². The number of fused-ring (bicyclic) bond motifs is 14. The minimum Gasteiger partial charge on any atom is -0.310 e. The van der Waals surface area contributed by atoms with Gasteiger partial charge in [0.25, 0.3) is 0 Å². The third kappa shape index (κ3) is 5.47. The number of anilines is 6. The number of rotatable bonds is 7. The van der Waals surface area contributed by atoms with Crippen molar-refractivity contribution in [1.29, 1.82) is 0 Å². The SMILES string of the molecule is c1ccc(N(c2ccccc2)c2cccc3c2-c2ccccc2C32c3ccccc3-c3cc(N(c4ccc5c6ccccc6n(-c6ccccc6)c5c4)c4cccc5ccccc45)ccc32)cc1. The zero-order valence-corrected chi connectivity index (χ0v) is 37.2. The van der Waals surface area contributed by atoms with Gasteiger partial charge in [0.15, 0.2) is 0 Å². The molecule has 1 unspecified atom stereocenters. The van der Waals surface area contributed by atoms with Gasteiger partial charge in [0.2, 0.25) is 0 Å². The Balaban J connectivity index is 1.02. The van der Waals surface area contributed by atoms with Crippen LogP contribution in [0, 0.1) is 0 Å². The highest BCUT2D eigenvalue weighted by Crippen LogP contribution is 2.65. The molecule has 1 atom stereocenters. The van der Waals surface area contributed by atoms with Gasteiger partial charge in [-0.15, -0.1) is 0 Å². The zero-order valence-electron chi connectivity index (χ0n) is 37.2. The van der Waals surface area contributed by atoms with Gasteiger partial charge in [0, 0.05) is 50.2 Å². The lowest BCUT2D eigenvalue weighted by Gasteiger charge is -2.32. The highest BCUT2D eigenvalue weighted by Gasteiger charge is 2.52. The van der Waals surface area contributed by atoms with Crippen LogP contribution in [-0.2, 0) is 5.41 Å². The van der Waals surface area contributed by atoms with Crippen molar-refractivity contribution < 1.29 is 0 Å². The summed E-state index contributed by atoms with van der Waals surface area (Å²) in [5.41, 5.74) is 20.0. The molecule has 68 heavy (non-hydrogen) atoms. The zero-order chi connectivity index (χ0) is 44.8. The molecule has 14 rings (SSSR count). The molecule has 0 saturated heterocycles. The number of benzene rings is 11. The Morgan fingerprint density at radius 1 is 0.294 bits per heavy atom. The van der Waals surface area contributed by atoms with Crippen molar-refractivity contribution in [3.63, 3.8) is 0 Å². The molecule has 1 aromatic heterocycles. The minimum atomic E-state index is -0.536. The maximum atomic E-state index is 2.48. The number of aromatic nitrogens is 1. The highest BCUT2D eigenvalue weighted by atomic mass is 15.2. The van der Waals surface area contributed by atoms with E-state index in [1.54, 1.807) is 0 Å². The van der Waals surface area contributed by atoms with Gasteiger partial charge in [0.05, 0.1) is 27.8 Å². The lowest BCUT2D eigenvalue weighted by Crippen LogP contribution is -2.26. The first kappa shape index (κ1) is 38.4. The Bertz CT molecular complexity index is 3880. The molecule has 3 nitrogen and oxygen atoms in total. The molecule has 0 N–H and O–H groups in total. The second-order valence-corrected chi connectivity index (χ2v) is 18.0. The van der Waals surface area contributed by atoms with Gasteiger partial charge in [0.1, 0.15) is 0 Å². The second kappa shape index (κ2) is 15.1. The number of hydrogen-bond donors (Lipinski definition) is 0. The largest absolute Gasteiger partial charge is 0.310 e. The van der Waals surface area contributed by atoms with Crippen molar-refractivity contribution in [3.8, 4) is 27.9 Å². The molecular weight excluding hydrogens is 823 g/mol. The smallest absolute Gasteiger partial charge is 0.0726 e. The summed E-state index contributed by atoms with van der Waals surface area (Å²) >= 11 is 0. The van der Waals surface area contributed by atoms with Crippen LogP contribution in [0.4, 0.5) is 34.1 Å². The topological polar surface area (TPSA) is 11.4 Å². The summed E-state index contributed by atoms with van der Waals surface area (Å²) < 4.78 is 2.41. The highest BCUT2D eigenvalue weighted by molar-refractivity contribution is 6.11. The van der Waals surface area contributed by atoms with Crippen LogP contribution in [0.2, 0.25) is 0 Å². The second-order valence-electron chi connectivity index (χ2n) is 18.0. The fourth-order valence-corrected chi connectivity index (χ4v) is 11.9. The summed E-state index contributed by atoms with van der Waals surface area (Å²) in [5, 5.41) is 4.87. The molecular formula is C65H43N3. The molecule has 0 amide bonds. The van der Waals surface area contributed by atoms with Crippen LogP contribution in [0.15, 0.2) is 261 Å². The van der Waals surface area contributed by atoms with E-state index in [-0.39, 0.29) is 0 Å². The lowest BCUT2D eigenvalue weighted by molar-refractivity contribution is 0.793. The molecule has 1 heterocycles. The molecule has 0 radical (unpaired) electrons. The van der Waals surface area contributed by atoms with Gasteiger partial charge >= 0.3 is 0 Å². The van der Waals surface area contributed by atoms with Crippen LogP contribution >= 0.6 is 0 Å². The van der Waals surface area contributed by atoms with Crippen LogP contribution in [0.3, 0.4) is 0 Å². The molecule has 318 valence electrons. The Kier molecular flexibility index (Phi) is 8.50. The Morgan fingerprint density at radius 3 is 1.59 bits per heavy atom. The molecule has 12 aromatic rings. The summed E-state index contributed by atoms with van der Waals surface area (Å²) in [6.07, 6.45) is 0. The van der Waals surface area contributed by atoms with E-state index in [1.165, 1.54) is 77.1 Å². The van der Waals surface area contributed by atoms with Gasteiger partial charge in [-0.05, 0) is 123 Å². The van der Waals surface area contributed by atoms with Crippen molar-refractivity contribution in [2.75, 3.05) is 9.80 Å². The third-order valence-electron chi connectivity index (χ3n) is 14.5. The molecule has 0 bridgehead atoms. The molecule has 2 aliphatic rings. The van der Waals surface area contributed by atoms with Crippen LogP contribution in [-0.4, -0.2) is 4.57 Å². The first-order chi connectivity index (χ1) is 33.8. The fraction of sp³-hybridized carbons (Fsp3) is 0.0154. The lowest BCUT2D eigenvalue weighted by atomic mass is 9.70. The maximum Gasteiger partial charge on any atom is 0.0726 e. The number of hydrogen-bond acceptors (Lipinski definition) is 2. The van der Waals surface area contributed by atoms with Crippen molar-refractivity contribution in [3.05, 3.63) is 283 Å². The quantitative estimate of drug-likeness (QED) is 0.158. The van der Waals surface area contributed by atoms with E-state index >= 15 is 0 Å². The maximum absolute atomic E-state index is 2.48. The Morgan fingerprint density at radius 2 is 0.809 bits per heavy atom.